The van der Waals surface area contributed by atoms with Crippen LogP contribution in [-0.2, 0) is 21.4 Å². The lowest BCUT2D eigenvalue weighted by Crippen LogP contribution is -2.46. The van der Waals surface area contributed by atoms with Crippen LogP contribution in [0.1, 0.15) is 30.4 Å². The Morgan fingerprint density at radius 3 is 2.50 bits per heavy atom. The number of hydrogen-bond donors (Lipinski definition) is 1. The van der Waals surface area contributed by atoms with Gasteiger partial charge in [0.25, 0.3) is 0 Å². The molecule has 1 aliphatic heterocycles. The molecule has 2 amide bonds. The third kappa shape index (κ3) is 1.28. The summed E-state index contributed by atoms with van der Waals surface area (Å²) in [6.07, 6.45) is 2.81. The van der Waals surface area contributed by atoms with E-state index in [1.165, 1.54) is 11.1 Å². The number of piperidine rings is 1. The average molecular weight is 215 g/mol. The molecule has 1 saturated heterocycles. The topological polar surface area (TPSA) is 46.2 Å². The fourth-order valence-electron chi connectivity index (χ4n) is 3.05. The molecule has 0 atom stereocenters. The van der Waals surface area contributed by atoms with Gasteiger partial charge < -0.3 is 0 Å². The first kappa shape index (κ1) is 9.58. The minimum atomic E-state index is -0.212. The van der Waals surface area contributed by atoms with Crippen LogP contribution in [0.25, 0.3) is 0 Å². The Morgan fingerprint density at radius 1 is 1.06 bits per heavy atom. The van der Waals surface area contributed by atoms with Crippen LogP contribution in [0, 0.1) is 0 Å². The number of carbonyl (C=O) groups excluding carboxylic acids is 2. The highest BCUT2D eigenvalue weighted by atomic mass is 16.2. The van der Waals surface area contributed by atoms with Gasteiger partial charge >= 0.3 is 0 Å². The number of imide groups is 1. The monoisotopic (exact) mass is 215 g/mol. The summed E-state index contributed by atoms with van der Waals surface area (Å²) in [4.78, 5) is 23.0. The van der Waals surface area contributed by atoms with Crippen molar-refractivity contribution < 1.29 is 9.59 Å². The molecule has 0 bridgehead atoms. The SMILES string of the molecule is O=C1CC2(CCc3ccccc32)CC(=O)N1. The Bertz CT molecular complexity index is 463. The van der Waals surface area contributed by atoms with Crippen molar-refractivity contribution in [2.45, 2.75) is 31.1 Å². The summed E-state index contributed by atoms with van der Waals surface area (Å²) in [6, 6.07) is 8.17. The van der Waals surface area contributed by atoms with Gasteiger partial charge in [0.15, 0.2) is 0 Å². The molecule has 0 unspecified atom stereocenters. The zero-order chi connectivity index (χ0) is 11.2. The molecule has 1 fully saturated rings. The van der Waals surface area contributed by atoms with E-state index in [0.717, 1.165) is 12.8 Å². The van der Waals surface area contributed by atoms with E-state index in [4.69, 9.17) is 0 Å². The van der Waals surface area contributed by atoms with Crippen LogP contribution in [0.4, 0.5) is 0 Å². The van der Waals surface area contributed by atoms with Crippen molar-refractivity contribution in [1.29, 1.82) is 0 Å². The highest BCUT2D eigenvalue weighted by Gasteiger charge is 2.44. The van der Waals surface area contributed by atoms with E-state index < -0.39 is 0 Å². The van der Waals surface area contributed by atoms with Crippen molar-refractivity contribution in [1.82, 2.24) is 5.32 Å². The van der Waals surface area contributed by atoms with Crippen LogP contribution in [0.15, 0.2) is 24.3 Å². The molecule has 1 heterocycles. The molecule has 0 radical (unpaired) electrons. The molecule has 16 heavy (non-hydrogen) atoms. The molecule has 1 N–H and O–H groups in total. The second-order valence-electron chi connectivity index (χ2n) is 4.76. The van der Waals surface area contributed by atoms with Crippen molar-refractivity contribution in [3.8, 4) is 0 Å². The number of carbonyl (C=O) groups is 2. The van der Waals surface area contributed by atoms with E-state index in [1.807, 2.05) is 12.1 Å². The van der Waals surface area contributed by atoms with Gasteiger partial charge in [0.1, 0.15) is 0 Å². The summed E-state index contributed by atoms with van der Waals surface area (Å²) in [6.45, 7) is 0. The van der Waals surface area contributed by atoms with Gasteiger partial charge in [-0.2, -0.15) is 0 Å². The molecular weight excluding hydrogens is 202 g/mol. The van der Waals surface area contributed by atoms with Crippen LogP contribution in [0.2, 0.25) is 0 Å². The molecule has 2 aliphatic rings. The Hall–Kier alpha value is -1.64. The molecule has 0 aromatic heterocycles. The molecular formula is C13H13NO2. The minimum absolute atomic E-state index is 0.132. The quantitative estimate of drug-likeness (QED) is 0.663. The van der Waals surface area contributed by atoms with E-state index in [-0.39, 0.29) is 17.2 Å². The van der Waals surface area contributed by atoms with Crippen molar-refractivity contribution in [3.63, 3.8) is 0 Å². The Morgan fingerprint density at radius 2 is 1.75 bits per heavy atom. The summed E-state index contributed by atoms with van der Waals surface area (Å²) >= 11 is 0. The molecule has 1 aromatic carbocycles. The Balaban J connectivity index is 2.07. The van der Waals surface area contributed by atoms with Crippen molar-refractivity contribution in [2.75, 3.05) is 0 Å². The lowest BCUT2D eigenvalue weighted by molar-refractivity contribution is -0.135. The lowest BCUT2D eigenvalue weighted by atomic mass is 9.74. The van der Waals surface area contributed by atoms with E-state index in [1.54, 1.807) is 0 Å². The normalized spacial score (nSPS) is 22.0. The molecule has 1 aliphatic carbocycles. The minimum Gasteiger partial charge on any atom is -0.296 e. The van der Waals surface area contributed by atoms with Gasteiger partial charge in [0.2, 0.25) is 11.8 Å². The number of hydrogen-bond acceptors (Lipinski definition) is 2. The molecule has 3 heteroatoms. The number of benzene rings is 1. The van der Waals surface area contributed by atoms with Gasteiger partial charge in [-0.1, -0.05) is 24.3 Å². The maximum atomic E-state index is 11.5. The fourth-order valence-corrected chi connectivity index (χ4v) is 3.05. The zero-order valence-corrected chi connectivity index (χ0v) is 8.95. The van der Waals surface area contributed by atoms with Gasteiger partial charge in [-0.05, 0) is 24.0 Å². The third-order valence-corrected chi connectivity index (χ3v) is 3.74. The van der Waals surface area contributed by atoms with Crippen LogP contribution in [0.3, 0.4) is 0 Å². The predicted octanol–water partition coefficient (Wildman–Crippen LogP) is 1.31. The third-order valence-electron chi connectivity index (χ3n) is 3.74. The summed E-state index contributed by atoms with van der Waals surface area (Å²) in [5.41, 5.74) is 2.29. The molecule has 82 valence electrons. The zero-order valence-electron chi connectivity index (χ0n) is 8.95. The van der Waals surface area contributed by atoms with Crippen LogP contribution in [-0.4, -0.2) is 11.8 Å². The Labute approximate surface area is 93.8 Å². The maximum absolute atomic E-state index is 11.5. The van der Waals surface area contributed by atoms with Gasteiger partial charge in [0, 0.05) is 18.3 Å². The average Bonchev–Trinajstić information content (AvgIpc) is 2.57. The van der Waals surface area contributed by atoms with Crippen LogP contribution < -0.4 is 5.32 Å². The van der Waals surface area contributed by atoms with Gasteiger partial charge in [-0.3, -0.25) is 14.9 Å². The van der Waals surface area contributed by atoms with E-state index >= 15 is 0 Å². The first-order valence-electron chi connectivity index (χ1n) is 5.61. The predicted molar refractivity (Wildman–Crippen MR) is 58.8 cm³/mol. The van der Waals surface area contributed by atoms with Gasteiger partial charge in [-0.25, -0.2) is 0 Å². The van der Waals surface area contributed by atoms with E-state index in [0.29, 0.717) is 12.8 Å². The molecule has 3 rings (SSSR count). The van der Waals surface area contributed by atoms with Crippen LogP contribution in [0.5, 0.6) is 0 Å². The highest BCUT2D eigenvalue weighted by molar-refractivity contribution is 5.99. The van der Waals surface area contributed by atoms with Crippen molar-refractivity contribution in [3.05, 3.63) is 35.4 Å². The summed E-state index contributed by atoms with van der Waals surface area (Å²) in [5.74, 6) is -0.263. The van der Waals surface area contributed by atoms with Gasteiger partial charge in [0.05, 0.1) is 0 Å². The summed E-state index contributed by atoms with van der Waals surface area (Å²) < 4.78 is 0. The standard InChI is InChI=1S/C13H13NO2/c15-11-7-13(8-12(16)14-11)6-5-9-3-1-2-4-10(9)13/h1-4H,5-8H2,(H,14,15,16). The second kappa shape index (κ2) is 3.17. The van der Waals surface area contributed by atoms with Gasteiger partial charge in [-0.15, -0.1) is 0 Å². The maximum Gasteiger partial charge on any atom is 0.227 e. The molecule has 3 nitrogen and oxygen atoms in total. The summed E-state index contributed by atoms with van der Waals surface area (Å²) in [7, 11) is 0. The fraction of sp³-hybridized carbons (Fsp3) is 0.385. The summed E-state index contributed by atoms with van der Waals surface area (Å²) in [5, 5.41) is 2.38. The molecule has 0 saturated carbocycles. The molecule has 1 aromatic rings. The number of rotatable bonds is 0. The lowest BCUT2D eigenvalue weighted by Gasteiger charge is -2.32. The number of nitrogens with one attached hydrogen (secondary N) is 1. The van der Waals surface area contributed by atoms with Crippen molar-refractivity contribution in [2.24, 2.45) is 0 Å². The number of fused-ring (bicyclic) bond motifs is 2. The largest absolute Gasteiger partial charge is 0.296 e. The smallest absolute Gasteiger partial charge is 0.227 e. The van der Waals surface area contributed by atoms with E-state index in [2.05, 4.69) is 17.4 Å². The van der Waals surface area contributed by atoms with Crippen molar-refractivity contribution >= 4 is 11.8 Å². The first-order chi connectivity index (χ1) is 7.70. The highest BCUT2D eigenvalue weighted by Crippen LogP contribution is 2.45. The number of amides is 2. The van der Waals surface area contributed by atoms with Crippen LogP contribution >= 0.6 is 0 Å². The molecule has 1 spiro atoms. The second-order valence-corrected chi connectivity index (χ2v) is 4.76. The number of aryl methyl sites for hydroxylation is 1. The first-order valence-corrected chi connectivity index (χ1v) is 5.61. The Kier molecular flexibility index (Phi) is 1.90. The van der Waals surface area contributed by atoms with E-state index in [9.17, 15) is 9.59 Å².